The normalized spacial score (nSPS) is 23.9. The lowest BCUT2D eigenvalue weighted by molar-refractivity contribution is -0.140. The first kappa shape index (κ1) is 16.7. The maximum atomic E-state index is 13.1. The minimum atomic E-state index is -0.545. The largest absolute Gasteiger partial charge is 0.392 e. The number of rotatable bonds is 3. The lowest BCUT2D eigenvalue weighted by atomic mass is 9.77. The van der Waals surface area contributed by atoms with E-state index in [0.29, 0.717) is 10.9 Å². The van der Waals surface area contributed by atoms with Crippen LogP contribution in [0.1, 0.15) is 65.2 Å². The SMILES string of the molecule is CC(C)C1CCN(C(=O)C2(C(N)=S)CCCCCC2)CC1. The van der Waals surface area contributed by atoms with Gasteiger partial charge in [0, 0.05) is 13.1 Å². The Bertz CT molecular complexity index is 378. The summed E-state index contributed by atoms with van der Waals surface area (Å²) >= 11 is 5.33. The van der Waals surface area contributed by atoms with E-state index in [9.17, 15) is 4.79 Å². The van der Waals surface area contributed by atoms with Crippen LogP contribution in [0.4, 0.5) is 0 Å². The lowest BCUT2D eigenvalue weighted by Crippen LogP contribution is -2.52. The van der Waals surface area contributed by atoms with Crippen LogP contribution in [0.25, 0.3) is 0 Å². The van der Waals surface area contributed by atoms with E-state index >= 15 is 0 Å². The van der Waals surface area contributed by atoms with Crippen LogP contribution in [0.2, 0.25) is 0 Å². The maximum Gasteiger partial charge on any atom is 0.235 e. The summed E-state index contributed by atoms with van der Waals surface area (Å²) in [6.07, 6.45) is 8.50. The Morgan fingerprint density at radius 1 is 1.14 bits per heavy atom. The van der Waals surface area contributed by atoms with Crippen LogP contribution in [-0.4, -0.2) is 28.9 Å². The average Bonchev–Trinajstić information content (AvgIpc) is 2.73. The van der Waals surface area contributed by atoms with Gasteiger partial charge in [0.1, 0.15) is 0 Å². The van der Waals surface area contributed by atoms with E-state index in [0.717, 1.165) is 57.5 Å². The van der Waals surface area contributed by atoms with Crippen LogP contribution in [0, 0.1) is 17.3 Å². The van der Waals surface area contributed by atoms with Crippen molar-refractivity contribution in [3.05, 3.63) is 0 Å². The molecule has 0 unspecified atom stereocenters. The average molecular weight is 311 g/mol. The smallest absolute Gasteiger partial charge is 0.235 e. The predicted molar refractivity (Wildman–Crippen MR) is 91.1 cm³/mol. The molecule has 2 N–H and O–H groups in total. The molecule has 1 saturated heterocycles. The van der Waals surface area contributed by atoms with Gasteiger partial charge in [0.2, 0.25) is 5.91 Å². The van der Waals surface area contributed by atoms with Crippen LogP contribution in [0.15, 0.2) is 0 Å². The highest BCUT2D eigenvalue weighted by atomic mass is 32.1. The van der Waals surface area contributed by atoms with E-state index in [2.05, 4.69) is 13.8 Å². The van der Waals surface area contributed by atoms with Crippen LogP contribution in [0.5, 0.6) is 0 Å². The molecule has 2 aliphatic rings. The second-order valence-corrected chi connectivity index (χ2v) is 7.67. The molecule has 120 valence electrons. The third-order valence-corrected chi connectivity index (χ3v) is 6.00. The summed E-state index contributed by atoms with van der Waals surface area (Å²) < 4.78 is 0. The van der Waals surface area contributed by atoms with Gasteiger partial charge in [0.25, 0.3) is 0 Å². The zero-order chi connectivity index (χ0) is 15.5. The fraction of sp³-hybridized carbons (Fsp3) is 0.882. The Balaban J connectivity index is 2.07. The molecular formula is C17H30N2OS. The van der Waals surface area contributed by atoms with Gasteiger partial charge in [-0.1, -0.05) is 51.7 Å². The molecular weight excluding hydrogens is 280 g/mol. The van der Waals surface area contributed by atoms with Crippen molar-refractivity contribution in [3.63, 3.8) is 0 Å². The number of hydrogen-bond acceptors (Lipinski definition) is 2. The number of carbonyl (C=O) groups is 1. The molecule has 1 amide bonds. The van der Waals surface area contributed by atoms with E-state index in [1.807, 2.05) is 4.90 Å². The highest BCUT2D eigenvalue weighted by Crippen LogP contribution is 2.38. The van der Waals surface area contributed by atoms with E-state index in [1.165, 1.54) is 12.8 Å². The van der Waals surface area contributed by atoms with Crippen molar-refractivity contribution in [3.8, 4) is 0 Å². The highest BCUT2D eigenvalue weighted by molar-refractivity contribution is 7.80. The second kappa shape index (κ2) is 7.08. The number of amides is 1. The molecule has 0 spiro atoms. The molecule has 2 fully saturated rings. The third-order valence-electron chi connectivity index (χ3n) is 5.61. The summed E-state index contributed by atoms with van der Waals surface area (Å²) in [7, 11) is 0. The quantitative estimate of drug-likeness (QED) is 0.641. The predicted octanol–water partition coefficient (Wildman–Crippen LogP) is 3.51. The Morgan fingerprint density at radius 2 is 1.67 bits per heavy atom. The molecule has 21 heavy (non-hydrogen) atoms. The molecule has 0 aromatic carbocycles. The van der Waals surface area contributed by atoms with Crippen LogP contribution in [0.3, 0.4) is 0 Å². The number of piperidine rings is 1. The molecule has 1 saturated carbocycles. The molecule has 1 heterocycles. The summed E-state index contributed by atoms with van der Waals surface area (Å²) in [5, 5.41) is 0. The number of nitrogens with zero attached hydrogens (tertiary/aromatic N) is 1. The van der Waals surface area contributed by atoms with E-state index in [4.69, 9.17) is 18.0 Å². The minimum Gasteiger partial charge on any atom is -0.392 e. The minimum absolute atomic E-state index is 0.221. The van der Waals surface area contributed by atoms with Gasteiger partial charge in [-0.25, -0.2) is 0 Å². The van der Waals surface area contributed by atoms with Gasteiger partial charge in [-0.15, -0.1) is 0 Å². The summed E-state index contributed by atoms with van der Waals surface area (Å²) in [6.45, 7) is 6.33. The molecule has 0 radical (unpaired) electrons. The van der Waals surface area contributed by atoms with E-state index in [-0.39, 0.29) is 5.91 Å². The topological polar surface area (TPSA) is 46.3 Å². The van der Waals surface area contributed by atoms with Crippen molar-refractivity contribution in [2.75, 3.05) is 13.1 Å². The van der Waals surface area contributed by atoms with Crippen molar-refractivity contribution in [1.29, 1.82) is 0 Å². The molecule has 0 bridgehead atoms. The van der Waals surface area contributed by atoms with E-state index in [1.54, 1.807) is 0 Å². The van der Waals surface area contributed by atoms with Crippen LogP contribution in [-0.2, 0) is 4.79 Å². The number of hydrogen-bond donors (Lipinski definition) is 1. The first-order valence-electron chi connectivity index (χ1n) is 8.56. The van der Waals surface area contributed by atoms with E-state index < -0.39 is 5.41 Å². The number of thiocarbonyl (C=S) groups is 1. The summed E-state index contributed by atoms with van der Waals surface area (Å²) in [6, 6.07) is 0. The van der Waals surface area contributed by atoms with Crippen molar-refractivity contribution >= 4 is 23.1 Å². The van der Waals surface area contributed by atoms with Gasteiger partial charge >= 0.3 is 0 Å². The molecule has 2 rings (SSSR count). The molecule has 0 atom stereocenters. The fourth-order valence-electron chi connectivity index (χ4n) is 3.97. The van der Waals surface area contributed by atoms with Gasteiger partial charge in [-0.2, -0.15) is 0 Å². The van der Waals surface area contributed by atoms with Crippen LogP contribution < -0.4 is 5.73 Å². The number of nitrogens with two attached hydrogens (primary N) is 1. The van der Waals surface area contributed by atoms with Crippen molar-refractivity contribution in [2.24, 2.45) is 23.0 Å². The molecule has 0 aromatic rings. The summed E-state index contributed by atoms with van der Waals surface area (Å²) in [4.78, 5) is 15.6. The molecule has 1 aliphatic carbocycles. The molecule has 0 aromatic heterocycles. The van der Waals surface area contributed by atoms with Crippen molar-refractivity contribution in [1.82, 2.24) is 4.90 Å². The van der Waals surface area contributed by atoms with Crippen molar-refractivity contribution in [2.45, 2.75) is 65.2 Å². The van der Waals surface area contributed by atoms with Gasteiger partial charge in [-0.05, 0) is 37.5 Å². The van der Waals surface area contributed by atoms with Gasteiger partial charge in [-0.3, -0.25) is 4.79 Å². The monoisotopic (exact) mass is 310 g/mol. The zero-order valence-corrected chi connectivity index (χ0v) is 14.4. The first-order valence-corrected chi connectivity index (χ1v) is 8.97. The Morgan fingerprint density at radius 3 is 2.10 bits per heavy atom. The zero-order valence-electron chi connectivity index (χ0n) is 13.6. The van der Waals surface area contributed by atoms with Gasteiger partial charge in [0.15, 0.2) is 0 Å². The Kier molecular flexibility index (Phi) is 5.64. The molecule has 1 aliphatic heterocycles. The van der Waals surface area contributed by atoms with Crippen LogP contribution >= 0.6 is 12.2 Å². The lowest BCUT2D eigenvalue weighted by Gasteiger charge is -2.40. The Hall–Kier alpha value is -0.640. The summed E-state index contributed by atoms with van der Waals surface area (Å²) in [5.41, 5.74) is 5.49. The standard InChI is InChI=1S/C17H30N2OS/c1-13(2)14-7-11-19(12-8-14)16(20)17(15(18)21)9-5-3-4-6-10-17/h13-14H,3-12H2,1-2H3,(H2,18,21). The third kappa shape index (κ3) is 3.58. The molecule has 4 heteroatoms. The second-order valence-electron chi connectivity index (χ2n) is 7.23. The highest BCUT2D eigenvalue weighted by Gasteiger charge is 2.44. The van der Waals surface area contributed by atoms with Crippen molar-refractivity contribution < 1.29 is 4.79 Å². The van der Waals surface area contributed by atoms with Gasteiger partial charge < -0.3 is 10.6 Å². The Labute approximate surface area is 134 Å². The first-order chi connectivity index (χ1) is 9.97. The maximum absolute atomic E-state index is 13.1. The molecule has 3 nitrogen and oxygen atoms in total. The fourth-order valence-corrected chi connectivity index (χ4v) is 4.26. The number of likely N-dealkylation sites (tertiary alicyclic amines) is 1. The number of carbonyl (C=O) groups excluding carboxylic acids is 1. The summed E-state index contributed by atoms with van der Waals surface area (Å²) in [5.74, 6) is 1.69. The van der Waals surface area contributed by atoms with Gasteiger partial charge in [0.05, 0.1) is 10.4 Å².